The fourth-order valence-corrected chi connectivity index (χ4v) is 2.52. The molecule has 27 heavy (non-hydrogen) atoms. The van der Waals surface area contributed by atoms with Gasteiger partial charge in [0.1, 0.15) is 23.1 Å². The molecule has 7 nitrogen and oxygen atoms in total. The molecule has 138 valence electrons. The molecule has 0 unspecified atom stereocenters. The van der Waals surface area contributed by atoms with Crippen molar-refractivity contribution >= 4 is 11.9 Å². The van der Waals surface area contributed by atoms with Gasteiger partial charge in [-0.15, -0.1) is 0 Å². The quantitative estimate of drug-likeness (QED) is 0.384. The number of hydrazone groups is 1. The van der Waals surface area contributed by atoms with Crippen LogP contribution in [0.3, 0.4) is 0 Å². The number of furan rings is 1. The van der Waals surface area contributed by atoms with E-state index < -0.39 is 10.7 Å². The van der Waals surface area contributed by atoms with E-state index in [0.717, 1.165) is 23.4 Å². The summed E-state index contributed by atoms with van der Waals surface area (Å²) in [6.45, 7) is 0.456. The third-order valence-corrected chi connectivity index (χ3v) is 3.79. The van der Waals surface area contributed by atoms with Crippen LogP contribution < -0.4 is 10.2 Å². The van der Waals surface area contributed by atoms with Gasteiger partial charge in [0.2, 0.25) is 0 Å². The highest BCUT2D eigenvalue weighted by atomic mass is 19.1. The van der Waals surface area contributed by atoms with Gasteiger partial charge in [-0.1, -0.05) is 18.2 Å². The maximum absolute atomic E-state index is 13.3. The minimum absolute atomic E-state index is 0.197. The van der Waals surface area contributed by atoms with Gasteiger partial charge in [-0.2, -0.15) is 5.10 Å². The summed E-state index contributed by atoms with van der Waals surface area (Å²) in [5.74, 6) is 0.729. The zero-order valence-electron chi connectivity index (χ0n) is 14.4. The number of halogens is 1. The van der Waals surface area contributed by atoms with Crippen molar-refractivity contribution < 1.29 is 18.5 Å². The average Bonchev–Trinajstić information content (AvgIpc) is 3.14. The van der Waals surface area contributed by atoms with Crippen LogP contribution in [0.4, 0.5) is 10.1 Å². The van der Waals surface area contributed by atoms with E-state index in [-0.39, 0.29) is 17.0 Å². The summed E-state index contributed by atoms with van der Waals surface area (Å²) in [5, 5.41) is 15.2. The molecule has 0 aliphatic carbocycles. The number of para-hydroxylation sites is 1. The van der Waals surface area contributed by atoms with Crippen LogP contribution in [0.15, 0.2) is 64.1 Å². The maximum Gasteiger partial charge on any atom is 0.283 e. The Balaban J connectivity index is 1.70. The van der Waals surface area contributed by atoms with Crippen LogP contribution in [0.2, 0.25) is 0 Å². The highest BCUT2D eigenvalue weighted by Crippen LogP contribution is 2.31. The SMILES string of the molecule is COc1ccccc1CN/N=C/c1ccc(-c2ccc(F)cc2[N+](=O)[O-])o1. The third-order valence-electron chi connectivity index (χ3n) is 3.79. The van der Waals surface area contributed by atoms with Crippen LogP contribution >= 0.6 is 0 Å². The normalized spacial score (nSPS) is 10.9. The van der Waals surface area contributed by atoms with Crippen LogP contribution in [-0.4, -0.2) is 18.2 Å². The Hall–Kier alpha value is -3.68. The molecule has 3 aromatic rings. The van der Waals surface area contributed by atoms with E-state index in [1.807, 2.05) is 24.3 Å². The number of nitro groups is 1. The minimum atomic E-state index is -0.681. The Bertz CT molecular complexity index is 985. The maximum atomic E-state index is 13.3. The van der Waals surface area contributed by atoms with Gasteiger partial charge in [-0.05, 0) is 30.3 Å². The van der Waals surface area contributed by atoms with E-state index in [2.05, 4.69) is 10.5 Å². The molecule has 0 saturated heterocycles. The Kier molecular flexibility index (Phi) is 5.46. The molecule has 0 radical (unpaired) electrons. The summed E-state index contributed by atoms with van der Waals surface area (Å²) >= 11 is 0. The molecule has 0 amide bonds. The zero-order chi connectivity index (χ0) is 19.2. The number of hydrogen-bond donors (Lipinski definition) is 1. The first kappa shape index (κ1) is 18.1. The van der Waals surface area contributed by atoms with Crippen LogP contribution in [-0.2, 0) is 6.54 Å². The molecule has 1 heterocycles. The van der Waals surface area contributed by atoms with Crippen LogP contribution in [0.5, 0.6) is 5.75 Å². The lowest BCUT2D eigenvalue weighted by atomic mass is 10.1. The molecule has 0 bridgehead atoms. The molecular formula is C19H16FN3O4. The van der Waals surface area contributed by atoms with Gasteiger partial charge in [-0.3, -0.25) is 10.1 Å². The molecule has 8 heteroatoms. The Morgan fingerprint density at radius 1 is 1.26 bits per heavy atom. The molecule has 0 aliphatic rings. The van der Waals surface area contributed by atoms with Crippen molar-refractivity contribution in [3.63, 3.8) is 0 Å². The topological polar surface area (TPSA) is 89.9 Å². The fraction of sp³-hybridized carbons (Fsp3) is 0.105. The lowest BCUT2D eigenvalue weighted by molar-refractivity contribution is -0.384. The van der Waals surface area contributed by atoms with Crippen LogP contribution in [0.25, 0.3) is 11.3 Å². The van der Waals surface area contributed by atoms with Crippen LogP contribution in [0, 0.1) is 15.9 Å². The molecule has 0 fully saturated rings. The van der Waals surface area contributed by atoms with E-state index in [0.29, 0.717) is 12.3 Å². The number of nitrogens with zero attached hydrogens (tertiary/aromatic N) is 2. The van der Waals surface area contributed by atoms with Gasteiger partial charge in [0, 0.05) is 5.56 Å². The second kappa shape index (κ2) is 8.13. The van der Waals surface area contributed by atoms with Crippen molar-refractivity contribution in [2.24, 2.45) is 5.10 Å². The van der Waals surface area contributed by atoms with Gasteiger partial charge < -0.3 is 14.6 Å². The smallest absolute Gasteiger partial charge is 0.283 e. The Morgan fingerprint density at radius 3 is 2.85 bits per heavy atom. The number of hydrogen-bond acceptors (Lipinski definition) is 6. The highest BCUT2D eigenvalue weighted by molar-refractivity contribution is 5.78. The molecular weight excluding hydrogens is 353 g/mol. The fourth-order valence-electron chi connectivity index (χ4n) is 2.52. The van der Waals surface area contributed by atoms with Gasteiger partial charge in [0.25, 0.3) is 5.69 Å². The predicted octanol–water partition coefficient (Wildman–Crippen LogP) is 4.13. The van der Waals surface area contributed by atoms with Crippen molar-refractivity contribution in [3.05, 3.63) is 81.9 Å². The molecule has 3 rings (SSSR count). The average molecular weight is 369 g/mol. The number of rotatable bonds is 7. The summed E-state index contributed by atoms with van der Waals surface area (Å²) in [5.41, 5.74) is 3.66. The van der Waals surface area contributed by atoms with E-state index in [1.165, 1.54) is 12.3 Å². The van der Waals surface area contributed by atoms with Crippen molar-refractivity contribution in [3.8, 4) is 17.1 Å². The van der Waals surface area contributed by atoms with E-state index in [1.54, 1.807) is 19.2 Å². The predicted molar refractivity (Wildman–Crippen MR) is 98.2 cm³/mol. The first-order valence-corrected chi connectivity index (χ1v) is 8.00. The summed E-state index contributed by atoms with van der Waals surface area (Å²) in [7, 11) is 1.60. The van der Waals surface area contributed by atoms with E-state index in [4.69, 9.17) is 9.15 Å². The number of benzene rings is 2. The first-order chi connectivity index (χ1) is 13.1. The van der Waals surface area contributed by atoms with Crippen molar-refractivity contribution in [2.75, 3.05) is 7.11 Å². The molecule has 1 aromatic heterocycles. The second-order valence-electron chi connectivity index (χ2n) is 5.53. The lowest BCUT2D eigenvalue weighted by Crippen LogP contribution is -2.06. The molecule has 0 saturated carbocycles. The Morgan fingerprint density at radius 2 is 2.07 bits per heavy atom. The molecule has 1 N–H and O–H groups in total. The summed E-state index contributed by atoms with van der Waals surface area (Å²) in [6.07, 6.45) is 1.45. The zero-order valence-corrected chi connectivity index (χ0v) is 14.4. The highest BCUT2D eigenvalue weighted by Gasteiger charge is 2.18. The number of methoxy groups -OCH3 is 1. The first-order valence-electron chi connectivity index (χ1n) is 8.00. The third kappa shape index (κ3) is 4.30. The molecule has 0 atom stereocenters. The number of nitrogens with one attached hydrogen (secondary N) is 1. The van der Waals surface area contributed by atoms with Crippen molar-refractivity contribution in [1.82, 2.24) is 5.43 Å². The molecule has 0 spiro atoms. The van der Waals surface area contributed by atoms with Crippen molar-refractivity contribution in [2.45, 2.75) is 6.54 Å². The van der Waals surface area contributed by atoms with Gasteiger partial charge in [-0.25, -0.2) is 4.39 Å². The Labute approximate surface area is 154 Å². The van der Waals surface area contributed by atoms with E-state index >= 15 is 0 Å². The summed E-state index contributed by atoms with van der Waals surface area (Å²) in [6, 6.07) is 14.1. The summed E-state index contributed by atoms with van der Waals surface area (Å²) < 4.78 is 24.1. The van der Waals surface area contributed by atoms with Gasteiger partial charge >= 0.3 is 0 Å². The molecule has 2 aromatic carbocycles. The minimum Gasteiger partial charge on any atom is -0.496 e. The standard InChI is InChI=1S/C19H16FN3O4/c1-26-18-5-3-2-4-13(18)11-21-22-12-15-7-9-19(27-15)16-8-6-14(20)10-17(16)23(24)25/h2-10,12,21H,11H2,1H3/b22-12+. The van der Waals surface area contributed by atoms with E-state index in [9.17, 15) is 14.5 Å². The van der Waals surface area contributed by atoms with Gasteiger partial charge in [0.15, 0.2) is 0 Å². The monoisotopic (exact) mass is 369 g/mol. The number of nitro benzene ring substituents is 1. The van der Waals surface area contributed by atoms with Crippen LogP contribution in [0.1, 0.15) is 11.3 Å². The summed E-state index contributed by atoms with van der Waals surface area (Å²) in [4.78, 5) is 10.5. The largest absolute Gasteiger partial charge is 0.496 e. The number of ether oxygens (including phenoxy) is 1. The second-order valence-corrected chi connectivity index (χ2v) is 5.53. The lowest BCUT2D eigenvalue weighted by Gasteiger charge is -2.06. The van der Waals surface area contributed by atoms with Gasteiger partial charge in [0.05, 0.1) is 36.4 Å². The molecule has 0 aliphatic heterocycles. The van der Waals surface area contributed by atoms with Crippen molar-refractivity contribution in [1.29, 1.82) is 0 Å².